The number of hydrogen-bond donors (Lipinski definition) is 0. The van der Waals surface area contributed by atoms with Crippen LogP contribution in [0.2, 0.25) is 0 Å². The second-order valence-corrected chi connectivity index (χ2v) is 18.4. The van der Waals surface area contributed by atoms with Gasteiger partial charge in [-0.2, -0.15) is 5.26 Å². The first-order chi connectivity index (χ1) is 33.7. The van der Waals surface area contributed by atoms with Gasteiger partial charge in [0.1, 0.15) is 22.9 Å². The van der Waals surface area contributed by atoms with Crippen LogP contribution in [-0.2, 0) is 0 Å². The van der Waals surface area contributed by atoms with Crippen molar-refractivity contribution in [3.8, 4) is 39.7 Å². The van der Waals surface area contributed by atoms with Crippen LogP contribution in [-0.4, -0.2) is 19.1 Å². The van der Waals surface area contributed by atoms with Crippen molar-refractivity contribution in [3.63, 3.8) is 0 Å². The maximum absolute atomic E-state index is 12.1. The summed E-state index contributed by atoms with van der Waals surface area (Å²) in [5, 5.41) is 24.6. The molecule has 0 saturated heterocycles. The average molecular weight is 883 g/mol. The maximum Gasteiger partial charge on any atom is 0.220 e. The summed E-state index contributed by atoms with van der Waals surface area (Å²) in [5.41, 5.74) is 9.37. The highest BCUT2D eigenvalue weighted by Crippen LogP contribution is 2.55. The third-order valence-electron chi connectivity index (χ3n) is 14.0. The molecule has 6 aromatic heterocycles. The molecule has 312 valence electrons. The zero-order valence-electron chi connectivity index (χ0n) is 35.8. The molecule has 0 bridgehead atoms. The van der Waals surface area contributed by atoms with Gasteiger partial charge in [0, 0.05) is 71.3 Å². The highest BCUT2D eigenvalue weighted by molar-refractivity contribution is 7.26. The van der Waals surface area contributed by atoms with Crippen molar-refractivity contribution in [3.05, 3.63) is 199 Å². The Labute approximate surface area is 390 Å². The fraction of sp³-hybridized carbons (Fsp3) is 0. The second kappa shape index (κ2) is 13.6. The van der Waals surface area contributed by atoms with E-state index in [1.807, 2.05) is 79.1 Å². The Morgan fingerprint density at radius 1 is 0.500 bits per heavy atom. The van der Waals surface area contributed by atoms with Gasteiger partial charge >= 0.3 is 0 Å². The number of nitrogens with zero attached hydrogens (tertiary/aromatic N) is 6. The topological polar surface area (TPSA) is 76.9 Å². The summed E-state index contributed by atoms with van der Waals surface area (Å²) in [6.07, 6.45) is 3.72. The molecule has 9 aromatic carbocycles. The Kier molecular flexibility index (Phi) is 7.39. The molecule has 0 radical (unpaired) electrons. The number of thiophene rings is 1. The number of furan rings is 1. The summed E-state index contributed by atoms with van der Waals surface area (Å²) in [7, 11) is 0. The van der Waals surface area contributed by atoms with E-state index in [0.29, 0.717) is 50.6 Å². The van der Waals surface area contributed by atoms with Crippen LogP contribution in [0.4, 0.5) is 5.69 Å². The minimum Gasteiger partial charge on any atom is -0.454 e. The quantitative estimate of drug-likeness (QED) is 0.130. The van der Waals surface area contributed by atoms with E-state index < -0.39 is 0 Å². The predicted molar refractivity (Wildman–Crippen MR) is 279 cm³/mol. The molecule has 0 saturated carbocycles. The van der Waals surface area contributed by atoms with E-state index in [2.05, 4.69) is 123 Å². The lowest BCUT2D eigenvalue weighted by Gasteiger charge is -2.25. The molecule has 0 N–H and O–H groups in total. The zero-order valence-corrected chi connectivity index (χ0v) is 36.6. The van der Waals surface area contributed by atoms with Gasteiger partial charge in [-0.05, 0) is 63.0 Å². The Hall–Kier alpha value is -9.34. The van der Waals surface area contributed by atoms with E-state index in [-0.39, 0.29) is 0 Å². The normalized spacial score (nSPS) is 12.1. The van der Waals surface area contributed by atoms with E-state index >= 15 is 0 Å². The van der Waals surface area contributed by atoms with Gasteiger partial charge in [-0.3, -0.25) is 4.57 Å². The van der Waals surface area contributed by atoms with Crippen molar-refractivity contribution in [2.45, 2.75) is 0 Å². The molecule has 15 rings (SSSR count). The largest absolute Gasteiger partial charge is 0.454 e. The minimum absolute atomic E-state index is 0.326. The molecule has 0 atom stereocenters. The summed E-state index contributed by atoms with van der Waals surface area (Å²) in [5.74, 6) is 0. The molecule has 15 aromatic rings. The lowest BCUT2D eigenvalue weighted by Crippen LogP contribution is -2.09. The van der Waals surface area contributed by atoms with Crippen LogP contribution in [0.5, 0.6) is 0 Å². The van der Waals surface area contributed by atoms with Gasteiger partial charge in [0.25, 0.3) is 0 Å². The third kappa shape index (κ3) is 4.68. The molecule has 0 amide bonds. The molecule has 0 fully saturated rings. The number of rotatable bonds is 4. The number of nitriles is 1. The third-order valence-corrected chi connectivity index (χ3v) is 15.2. The molecule has 6 heterocycles. The van der Waals surface area contributed by atoms with E-state index in [0.717, 1.165) is 91.7 Å². The summed E-state index contributed by atoms with van der Waals surface area (Å²) in [4.78, 5) is 14.9. The maximum atomic E-state index is 12.1. The van der Waals surface area contributed by atoms with Gasteiger partial charge in [-0.25, -0.2) is 14.8 Å². The second-order valence-electron chi connectivity index (χ2n) is 17.3. The predicted octanol–water partition coefficient (Wildman–Crippen LogP) is 16.4. The fourth-order valence-corrected chi connectivity index (χ4v) is 12.6. The summed E-state index contributed by atoms with van der Waals surface area (Å²) in [6.45, 7) is 9.31. The van der Waals surface area contributed by atoms with Crippen molar-refractivity contribution in [1.29, 1.82) is 5.26 Å². The number of benzene rings is 9. The first kappa shape index (κ1) is 36.9. The Balaban J connectivity index is 1.26. The van der Waals surface area contributed by atoms with Crippen LogP contribution in [0, 0.1) is 17.9 Å². The van der Waals surface area contributed by atoms with Gasteiger partial charge in [-0.15, -0.1) is 11.3 Å². The molecular formula is C60H30N6OS. The molecule has 8 heteroatoms. The smallest absolute Gasteiger partial charge is 0.220 e. The monoisotopic (exact) mass is 882 g/mol. The zero-order chi connectivity index (χ0) is 44.8. The number of aromatic nitrogens is 4. The molecule has 0 spiro atoms. The lowest BCUT2D eigenvalue weighted by atomic mass is 9.88. The molecular weight excluding hydrogens is 853 g/mol. The van der Waals surface area contributed by atoms with E-state index in [1.165, 1.54) is 10.1 Å². The number of hydrogen-bond acceptors (Lipinski definition) is 5. The molecule has 0 aliphatic rings. The standard InChI is InChI=1S/C60H30N6OS/c1-62-52-48(33-14-4-2-5-15-33)45(32-61)53(49(34-16-6-3-7-17-34)56(52)66-59-50-39(28-30-63-59)35-18-8-9-19-36(35)40-29-31-64-60(66)51(40)50)65-54-41(24-26-43-37-20-10-12-22-46(37)67-57(43)54)42-25-27-44-38-21-11-13-23-47(38)68-58(44)55(42)65/h2-31H. The van der Waals surface area contributed by atoms with E-state index in [9.17, 15) is 11.8 Å². The van der Waals surface area contributed by atoms with Crippen molar-refractivity contribution in [2.24, 2.45) is 0 Å². The molecule has 0 aliphatic carbocycles. The van der Waals surface area contributed by atoms with Gasteiger partial charge < -0.3 is 8.98 Å². The van der Waals surface area contributed by atoms with Crippen LogP contribution < -0.4 is 0 Å². The van der Waals surface area contributed by atoms with Crippen molar-refractivity contribution < 1.29 is 4.42 Å². The van der Waals surface area contributed by atoms with E-state index in [1.54, 1.807) is 11.3 Å². The molecule has 0 unspecified atom stereocenters. The van der Waals surface area contributed by atoms with Crippen LogP contribution in [0.25, 0.3) is 146 Å². The number of para-hydroxylation sites is 1. The molecule has 7 nitrogen and oxygen atoms in total. The van der Waals surface area contributed by atoms with Gasteiger partial charge in [0.15, 0.2) is 5.58 Å². The fourth-order valence-electron chi connectivity index (χ4n) is 11.3. The SMILES string of the molecule is [C-]#[N+]c1c(-c2ccccc2)c(C#N)c(-n2c3c(ccc4c5ccccc5oc43)c3ccc4c5ccccc5sc4c32)c(-c2ccccc2)c1-n1c2nccc3c4ccccc4c4ccnc1c4c32. The highest BCUT2D eigenvalue weighted by atomic mass is 32.1. The Bertz CT molecular complexity index is 4540. The van der Waals surface area contributed by atoms with Crippen LogP contribution >= 0.6 is 11.3 Å². The van der Waals surface area contributed by atoms with Gasteiger partial charge in [0.2, 0.25) is 5.69 Å². The lowest BCUT2D eigenvalue weighted by molar-refractivity contribution is 0.671. The minimum atomic E-state index is 0.326. The number of fused-ring (bicyclic) bond motifs is 14. The van der Waals surface area contributed by atoms with Crippen LogP contribution in [0.3, 0.4) is 0 Å². The van der Waals surface area contributed by atoms with E-state index in [4.69, 9.17) is 14.4 Å². The van der Waals surface area contributed by atoms with Gasteiger partial charge in [0.05, 0.1) is 39.2 Å². The molecule has 0 aliphatic heterocycles. The molecule has 68 heavy (non-hydrogen) atoms. The first-order valence-electron chi connectivity index (χ1n) is 22.4. The summed E-state index contributed by atoms with van der Waals surface area (Å²) < 4.78 is 13.7. The first-order valence-corrected chi connectivity index (χ1v) is 23.2. The highest BCUT2D eigenvalue weighted by Gasteiger charge is 2.34. The average Bonchev–Trinajstić information content (AvgIpc) is 4.16. The Morgan fingerprint density at radius 2 is 1.06 bits per heavy atom. The van der Waals surface area contributed by atoms with Crippen molar-refractivity contribution in [2.75, 3.05) is 0 Å². The summed E-state index contributed by atoms with van der Waals surface area (Å²) in [6, 6.07) is 61.1. The number of pyridine rings is 2. The Morgan fingerprint density at radius 3 is 1.72 bits per heavy atom. The van der Waals surface area contributed by atoms with Crippen molar-refractivity contribution >= 4 is 125 Å². The van der Waals surface area contributed by atoms with Crippen molar-refractivity contribution in [1.82, 2.24) is 19.1 Å². The summed E-state index contributed by atoms with van der Waals surface area (Å²) >= 11 is 1.75. The van der Waals surface area contributed by atoms with Gasteiger partial charge in [-0.1, -0.05) is 140 Å². The van der Waals surface area contributed by atoms with Crippen LogP contribution in [0.15, 0.2) is 187 Å². The van der Waals surface area contributed by atoms with Crippen LogP contribution in [0.1, 0.15) is 5.56 Å².